The highest BCUT2D eigenvalue weighted by Gasteiger charge is 2.32. The van der Waals surface area contributed by atoms with Crippen LogP contribution >= 0.6 is 15.9 Å². The van der Waals surface area contributed by atoms with E-state index in [1.165, 1.54) is 19.3 Å². The lowest BCUT2D eigenvalue weighted by Crippen LogP contribution is -2.34. The van der Waals surface area contributed by atoms with Crippen LogP contribution in [0.25, 0.3) is 0 Å². The highest BCUT2D eigenvalue weighted by Crippen LogP contribution is 2.42. The Hall–Kier alpha value is -0.280. The van der Waals surface area contributed by atoms with Crippen LogP contribution < -0.4 is 5.32 Å². The normalized spacial score (nSPS) is 28.8. The molecular weight excluding hydrogens is 290 g/mol. The summed E-state index contributed by atoms with van der Waals surface area (Å²) in [5.41, 5.74) is 0. The van der Waals surface area contributed by atoms with Gasteiger partial charge in [-0.2, -0.15) is 0 Å². The summed E-state index contributed by atoms with van der Waals surface area (Å²) >= 11 is 3.62. The second-order valence-corrected chi connectivity index (χ2v) is 6.83. The molecule has 0 radical (unpaired) electrons. The van der Waals surface area contributed by atoms with E-state index < -0.39 is 0 Å². The van der Waals surface area contributed by atoms with E-state index in [0.29, 0.717) is 17.9 Å². The standard InChI is InChI=1S/C15H24BrNO/c1-10(2)17-9-12-5-4-11(3)8-13(12)15-14(16)6-7-18-15/h6-7,10-13,17H,4-5,8-9H2,1-3H3. The average Bonchev–Trinajstić information content (AvgIpc) is 2.73. The summed E-state index contributed by atoms with van der Waals surface area (Å²) in [4.78, 5) is 0. The maximum Gasteiger partial charge on any atom is 0.121 e. The summed E-state index contributed by atoms with van der Waals surface area (Å²) in [6.45, 7) is 7.88. The minimum Gasteiger partial charge on any atom is -0.468 e. The van der Waals surface area contributed by atoms with E-state index in [0.717, 1.165) is 22.7 Å². The van der Waals surface area contributed by atoms with Crippen molar-refractivity contribution in [3.05, 3.63) is 22.6 Å². The molecule has 18 heavy (non-hydrogen) atoms. The van der Waals surface area contributed by atoms with Crippen LogP contribution in [0, 0.1) is 11.8 Å². The largest absolute Gasteiger partial charge is 0.468 e. The fourth-order valence-electron chi connectivity index (χ4n) is 2.97. The summed E-state index contributed by atoms with van der Waals surface area (Å²) in [5, 5.41) is 3.58. The molecule has 1 heterocycles. The molecule has 1 N–H and O–H groups in total. The Labute approximate surface area is 119 Å². The monoisotopic (exact) mass is 313 g/mol. The number of hydrogen-bond donors (Lipinski definition) is 1. The zero-order valence-electron chi connectivity index (χ0n) is 11.6. The molecule has 1 fully saturated rings. The van der Waals surface area contributed by atoms with Gasteiger partial charge in [0.05, 0.1) is 10.7 Å². The lowest BCUT2D eigenvalue weighted by Gasteiger charge is -2.34. The second-order valence-electron chi connectivity index (χ2n) is 5.98. The maximum atomic E-state index is 5.71. The first-order valence-electron chi connectivity index (χ1n) is 7.04. The fraction of sp³-hybridized carbons (Fsp3) is 0.733. The lowest BCUT2D eigenvalue weighted by molar-refractivity contribution is 0.215. The Morgan fingerprint density at radius 3 is 2.83 bits per heavy atom. The summed E-state index contributed by atoms with van der Waals surface area (Å²) in [7, 11) is 0. The van der Waals surface area contributed by atoms with Crippen LogP contribution in [-0.2, 0) is 0 Å². The van der Waals surface area contributed by atoms with E-state index in [2.05, 4.69) is 42.0 Å². The Balaban J connectivity index is 2.09. The minimum atomic E-state index is 0.560. The highest BCUT2D eigenvalue weighted by atomic mass is 79.9. The summed E-state index contributed by atoms with van der Waals surface area (Å²) in [5.74, 6) is 3.22. The first kappa shape index (κ1) is 14.1. The van der Waals surface area contributed by atoms with Crippen LogP contribution in [0.5, 0.6) is 0 Å². The predicted octanol–water partition coefficient (Wildman–Crippen LogP) is 4.56. The van der Waals surface area contributed by atoms with Gasteiger partial charge in [0.1, 0.15) is 5.76 Å². The molecule has 2 rings (SSSR count). The third-order valence-electron chi connectivity index (χ3n) is 4.03. The third-order valence-corrected chi connectivity index (χ3v) is 4.68. The van der Waals surface area contributed by atoms with Gasteiger partial charge in [-0.1, -0.05) is 27.2 Å². The van der Waals surface area contributed by atoms with Gasteiger partial charge in [0.2, 0.25) is 0 Å². The summed E-state index contributed by atoms with van der Waals surface area (Å²) < 4.78 is 6.85. The van der Waals surface area contributed by atoms with Gasteiger partial charge in [0, 0.05) is 12.0 Å². The van der Waals surface area contributed by atoms with Crippen LogP contribution in [0.4, 0.5) is 0 Å². The molecule has 1 aromatic heterocycles. The van der Waals surface area contributed by atoms with Crippen molar-refractivity contribution in [3.8, 4) is 0 Å². The number of rotatable bonds is 4. The van der Waals surface area contributed by atoms with Crippen LogP contribution in [0.3, 0.4) is 0 Å². The average molecular weight is 314 g/mol. The van der Waals surface area contributed by atoms with Gasteiger partial charge in [-0.05, 0) is 53.2 Å². The highest BCUT2D eigenvalue weighted by molar-refractivity contribution is 9.10. The van der Waals surface area contributed by atoms with Crippen molar-refractivity contribution in [3.63, 3.8) is 0 Å². The number of hydrogen-bond acceptors (Lipinski definition) is 2. The molecule has 0 amide bonds. The quantitative estimate of drug-likeness (QED) is 0.881. The molecule has 0 aromatic carbocycles. The molecular formula is C15H24BrNO. The first-order valence-corrected chi connectivity index (χ1v) is 7.83. The van der Waals surface area contributed by atoms with Crippen molar-refractivity contribution in [2.45, 2.75) is 52.0 Å². The Bertz CT molecular complexity index is 374. The fourth-order valence-corrected chi connectivity index (χ4v) is 3.46. The zero-order chi connectivity index (χ0) is 13.1. The molecule has 3 heteroatoms. The molecule has 1 aliphatic carbocycles. The van der Waals surface area contributed by atoms with Gasteiger partial charge in [0.25, 0.3) is 0 Å². The zero-order valence-corrected chi connectivity index (χ0v) is 13.2. The summed E-state index contributed by atoms with van der Waals surface area (Å²) in [6.07, 6.45) is 5.69. The van der Waals surface area contributed by atoms with Gasteiger partial charge < -0.3 is 9.73 Å². The van der Waals surface area contributed by atoms with Crippen molar-refractivity contribution < 1.29 is 4.42 Å². The molecule has 0 bridgehead atoms. The van der Waals surface area contributed by atoms with Crippen LogP contribution in [0.15, 0.2) is 21.2 Å². The molecule has 0 saturated heterocycles. The van der Waals surface area contributed by atoms with Gasteiger partial charge in [-0.25, -0.2) is 0 Å². The molecule has 1 aliphatic rings. The smallest absolute Gasteiger partial charge is 0.121 e. The van der Waals surface area contributed by atoms with Gasteiger partial charge in [-0.15, -0.1) is 0 Å². The molecule has 0 spiro atoms. The molecule has 1 aromatic rings. The molecule has 1 saturated carbocycles. The predicted molar refractivity (Wildman–Crippen MR) is 78.8 cm³/mol. The van der Waals surface area contributed by atoms with Crippen LogP contribution in [-0.4, -0.2) is 12.6 Å². The second kappa shape index (κ2) is 6.25. The van der Waals surface area contributed by atoms with Crippen molar-refractivity contribution in [2.24, 2.45) is 11.8 Å². The number of nitrogens with one attached hydrogen (secondary N) is 1. The molecule has 2 nitrogen and oxygen atoms in total. The molecule has 3 unspecified atom stereocenters. The van der Waals surface area contributed by atoms with E-state index in [9.17, 15) is 0 Å². The van der Waals surface area contributed by atoms with Crippen molar-refractivity contribution >= 4 is 15.9 Å². The summed E-state index contributed by atoms with van der Waals surface area (Å²) in [6, 6.07) is 2.58. The Morgan fingerprint density at radius 1 is 1.44 bits per heavy atom. The Morgan fingerprint density at radius 2 is 2.22 bits per heavy atom. The van der Waals surface area contributed by atoms with Crippen molar-refractivity contribution in [1.82, 2.24) is 5.32 Å². The number of halogens is 1. The van der Waals surface area contributed by atoms with Crippen molar-refractivity contribution in [2.75, 3.05) is 6.54 Å². The van der Waals surface area contributed by atoms with Crippen LogP contribution in [0.2, 0.25) is 0 Å². The van der Waals surface area contributed by atoms with E-state index in [1.54, 1.807) is 6.26 Å². The van der Waals surface area contributed by atoms with Gasteiger partial charge >= 0.3 is 0 Å². The SMILES string of the molecule is CC1CCC(CNC(C)C)C(c2occc2Br)C1. The van der Waals surface area contributed by atoms with Gasteiger partial charge in [-0.3, -0.25) is 0 Å². The minimum absolute atomic E-state index is 0.560. The third kappa shape index (κ3) is 3.39. The topological polar surface area (TPSA) is 25.2 Å². The molecule has 102 valence electrons. The maximum absolute atomic E-state index is 5.71. The number of furan rings is 1. The van der Waals surface area contributed by atoms with E-state index in [-0.39, 0.29) is 0 Å². The van der Waals surface area contributed by atoms with E-state index in [4.69, 9.17) is 4.42 Å². The molecule has 0 aliphatic heterocycles. The van der Waals surface area contributed by atoms with Crippen molar-refractivity contribution in [1.29, 1.82) is 0 Å². The molecule has 3 atom stereocenters. The Kier molecular flexibility index (Phi) is 4.91. The van der Waals surface area contributed by atoms with Gasteiger partial charge in [0.15, 0.2) is 0 Å². The van der Waals surface area contributed by atoms with E-state index >= 15 is 0 Å². The van der Waals surface area contributed by atoms with E-state index in [1.807, 2.05) is 6.07 Å². The lowest BCUT2D eigenvalue weighted by atomic mass is 9.73. The van der Waals surface area contributed by atoms with Crippen LogP contribution in [0.1, 0.15) is 51.7 Å². The first-order chi connectivity index (χ1) is 8.58.